The maximum Gasteiger partial charge on any atom is 0.331 e. The molecule has 0 aliphatic heterocycles. The monoisotopic (exact) mass is 310 g/mol. The average Bonchev–Trinajstić information content (AvgIpc) is 3.27. The van der Waals surface area contributed by atoms with Gasteiger partial charge in [-0.25, -0.2) is 9.59 Å². The number of carbonyl (C=O) groups excluding carboxylic acids is 1. The molecule has 0 saturated heterocycles. The summed E-state index contributed by atoms with van der Waals surface area (Å²) in [7, 11) is 0. The molecule has 1 aromatic carbocycles. The van der Waals surface area contributed by atoms with E-state index in [0.29, 0.717) is 17.1 Å². The molecule has 2 rings (SSSR count). The third-order valence-electron chi connectivity index (χ3n) is 3.44. The fourth-order valence-electron chi connectivity index (χ4n) is 2.27. The molecular formula is C15H19ClN2O3. The van der Waals surface area contributed by atoms with Crippen LogP contribution in [0.5, 0.6) is 0 Å². The number of carbonyl (C=O) groups is 2. The van der Waals surface area contributed by atoms with Crippen LogP contribution in [0.4, 0.5) is 4.79 Å². The molecule has 6 heteroatoms. The number of nitrogens with one attached hydrogen (secondary N) is 1. The van der Waals surface area contributed by atoms with Crippen molar-refractivity contribution in [3.8, 4) is 0 Å². The van der Waals surface area contributed by atoms with Gasteiger partial charge in [0.25, 0.3) is 0 Å². The number of halogens is 1. The molecule has 1 saturated carbocycles. The van der Waals surface area contributed by atoms with E-state index in [9.17, 15) is 14.7 Å². The van der Waals surface area contributed by atoms with Crippen LogP contribution in [0.2, 0.25) is 5.02 Å². The Morgan fingerprint density at radius 3 is 2.62 bits per heavy atom. The predicted octanol–water partition coefficient (Wildman–Crippen LogP) is 3.05. The van der Waals surface area contributed by atoms with E-state index in [1.165, 1.54) is 0 Å². The first-order valence-electron chi connectivity index (χ1n) is 7.09. The molecule has 0 unspecified atom stereocenters. The molecule has 0 bridgehead atoms. The minimum absolute atomic E-state index is 0.241. The Balaban J connectivity index is 2.14. The maximum atomic E-state index is 12.3. The number of benzene rings is 1. The predicted molar refractivity (Wildman–Crippen MR) is 80.4 cm³/mol. The highest BCUT2D eigenvalue weighted by molar-refractivity contribution is 6.31. The third-order valence-corrected chi connectivity index (χ3v) is 3.79. The van der Waals surface area contributed by atoms with E-state index < -0.39 is 12.0 Å². The average molecular weight is 311 g/mol. The van der Waals surface area contributed by atoms with Crippen molar-refractivity contribution in [2.75, 3.05) is 6.54 Å². The molecule has 2 amide bonds. The van der Waals surface area contributed by atoms with Gasteiger partial charge in [0.15, 0.2) is 6.04 Å². The second-order valence-electron chi connectivity index (χ2n) is 5.17. The van der Waals surface area contributed by atoms with Gasteiger partial charge >= 0.3 is 12.0 Å². The quantitative estimate of drug-likeness (QED) is 0.848. The lowest BCUT2D eigenvalue weighted by Gasteiger charge is -2.25. The van der Waals surface area contributed by atoms with Crippen LogP contribution in [0, 0.1) is 0 Å². The molecule has 1 atom stereocenters. The topological polar surface area (TPSA) is 69.6 Å². The lowest BCUT2D eigenvalue weighted by atomic mass is 10.1. The highest BCUT2D eigenvalue weighted by Gasteiger charge is 2.34. The Labute approximate surface area is 128 Å². The SMILES string of the molecule is CCCN(C(=O)N[C@@H](C(=O)O)c1ccccc1Cl)C1CC1. The van der Waals surface area contributed by atoms with Crippen molar-refractivity contribution in [3.63, 3.8) is 0 Å². The third kappa shape index (κ3) is 3.88. The number of rotatable bonds is 6. The maximum absolute atomic E-state index is 12.3. The van der Waals surface area contributed by atoms with Gasteiger partial charge in [0.2, 0.25) is 0 Å². The zero-order valence-corrected chi connectivity index (χ0v) is 12.6. The normalized spacial score (nSPS) is 15.3. The number of urea groups is 1. The lowest BCUT2D eigenvalue weighted by molar-refractivity contribution is -0.139. The zero-order chi connectivity index (χ0) is 15.4. The van der Waals surface area contributed by atoms with Gasteiger partial charge < -0.3 is 15.3 Å². The molecule has 0 spiro atoms. The van der Waals surface area contributed by atoms with E-state index in [1.54, 1.807) is 29.2 Å². The summed E-state index contributed by atoms with van der Waals surface area (Å²) in [4.78, 5) is 25.5. The summed E-state index contributed by atoms with van der Waals surface area (Å²) in [5.74, 6) is -1.12. The highest BCUT2D eigenvalue weighted by atomic mass is 35.5. The van der Waals surface area contributed by atoms with Crippen molar-refractivity contribution in [2.24, 2.45) is 0 Å². The first kappa shape index (κ1) is 15.6. The van der Waals surface area contributed by atoms with Gasteiger partial charge in [-0.05, 0) is 25.3 Å². The molecule has 1 aliphatic rings. The van der Waals surface area contributed by atoms with Crippen molar-refractivity contribution in [1.29, 1.82) is 0 Å². The van der Waals surface area contributed by atoms with Crippen LogP contribution < -0.4 is 5.32 Å². The Bertz CT molecular complexity index is 531. The van der Waals surface area contributed by atoms with Crippen LogP contribution in [0.25, 0.3) is 0 Å². The van der Waals surface area contributed by atoms with Gasteiger partial charge in [0.05, 0.1) is 0 Å². The van der Waals surface area contributed by atoms with Crippen LogP contribution in [0.15, 0.2) is 24.3 Å². The minimum Gasteiger partial charge on any atom is -0.479 e. The summed E-state index contributed by atoms with van der Waals surface area (Å²) >= 11 is 6.03. The van der Waals surface area contributed by atoms with Gasteiger partial charge in [0.1, 0.15) is 0 Å². The van der Waals surface area contributed by atoms with E-state index in [2.05, 4.69) is 5.32 Å². The van der Waals surface area contributed by atoms with E-state index >= 15 is 0 Å². The molecule has 5 nitrogen and oxygen atoms in total. The number of nitrogens with zero attached hydrogens (tertiary/aromatic N) is 1. The summed E-state index contributed by atoms with van der Waals surface area (Å²) in [6, 6.07) is 5.42. The molecule has 1 fully saturated rings. The fraction of sp³-hybridized carbons (Fsp3) is 0.467. The van der Waals surface area contributed by atoms with Crippen LogP contribution in [0.1, 0.15) is 37.8 Å². The molecule has 1 aromatic rings. The van der Waals surface area contributed by atoms with Crippen LogP contribution in [0.3, 0.4) is 0 Å². The largest absolute Gasteiger partial charge is 0.479 e. The Morgan fingerprint density at radius 1 is 1.43 bits per heavy atom. The molecular weight excluding hydrogens is 292 g/mol. The zero-order valence-electron chi connectivity index (χ0n) is 11.9. The second-order valence-corrected chi connectivity index (χ2v) is 5.57. The molecule has 0 radical (unpaired) electrons. The van der Waals surface area contributed by atoms with Crippen LogP contribution in [-0.4, -0.2) is 34.6 Å². The summed E-state index contributed by atoms with van der Waals surface area (Å²) in [6.07, 6.45) is 2.81. The number of amides is 2. The summed E-state index contributed by atoms with van der Waals surface area (Å²) in [5.41, 5.74) is 0.396. The fourth-order valence-corrected chi connectivity index (χ4v) is 2.51. The Kier molecular flexibility index (Phi) is 5.07. The Morgan fingerprint density at radius 2 is 2.10 bits per heavy atom. The molecule has 114 valence electrons. The highest BCUT2D eigenvalue weighted by Crippen LogP contribution is 2.28. The number of hydrogen-bond acceptors (Lipinski definition) is 2. The van der Waals surface area contributed by atoms with E-state index in [1.807, 2.05) is 6.92 Å². The number of aliphatic carboxylic acids is 1. The van der Waals surface area contributed by atoms with Crippen LogP contribution in [-0.2, 0) is 4.79 Å². The van der Waals surface area contributed by atoms with Gasteiger partial charge in [-0.2, -0.15) is 0 Å². The van der Waals surface area contributed by atoms with Crippen molar-refractivity contribution >= 4 is 23.6 Å². The van der Waals surface area contributed by atoms with E-state index in [-0.39, 0.29) is 12.1 Å². The second kappa shape index (κ2) is 6.80. The first-order chi connectivity index (χ1) is 10.0. The standard InChI is InChI=1S/C15H19ClN2O3/c1-2-9-18(10-7-8-10)15(21)17-13(14(19)20)11-5-3-4-6-12(11)16/h3-6,10,13H,2,7-9H2,1H3,(H,17,21)(H,19,20)/t13-/m1/s1. The van der Waals surface area contributed by atoms with Crippen molar-refractivity contribution in [3.05, 3.63) is 34.9 Å². The van der Waals surface area contributed by atoms with Gasteiger partial charge in [-0.3, -0.25) is 0 Å². The van der Waals surface area contributed by atoms with Crippen molar-refractivity contribution in [2.45, 2.75) is 38.3 Å². The molecule has 0 aromatic heterocycles. The van der Waals surface area contributed by atoms with Gasteiger partial charge in [-0.1, -0.05) is 36.7 Å². The summed E-state index contributed by atoms with van der Waals surface area (Å²) in [6.45, 7) is 2.62. The smallest absolute Gasteiger partial charge is 0.331 e. The van der Waals surface area contributed by atoms with Crippen molar-refractivity contribution < 1.29 is 14.7 Å². The number of carboxylic acids is 1. The van der Waals surface area contributed by atoms with Gasteiger partial charge in [0, 0.05) is 23.2 Å². The van der Waals surface area contributed by atoms with Gasteiger partial charge in [-0.15, -0.1) is 0 Å². The minimum atomic E-state index is -1.13. The number of hydrogen-bond donors (Lipinski definition) is 2. The number of carboxylic acid groups (broad SMARTS) is 1. The van der Waals surface area contributed by atoms with Crippen molar-refractivity contribution in [1.82, 2.24) is 10.2 Å². The molecule has 1 aliphatic carbocycles. The Hall–Kier alpha value is -1.75. The summed E-state index contributed by atoms with van der Waals surface area (Å²) < 4.78 is 0. The van der Waals surface area contributed by atoms with E-state index in [4.69, 9.17) is 11.6 Å². The first-order valence-corrected chi connectivity index (χ1v) is 7.46. The lowest BCUT2D eigenvalue weighted by Crippen LogP contribution is -2.45. The van der Waals surface area contributed by atoms with E-state index in [0.717, 1.165) is 19.3 Å². The molecule has 21 heavy (non-hydrogen) atoms. The molecule has 2 N–H and O–H groups in total. The molecule has 0 heterocycles. The summed E-state index contributed by atoms with van der Waals surface area (Å²) in [5, 5.41) is 12.3. The van der Waals surface area contributed by atoms with Crippen LogP contribution >= 0.6 is 11.6 Å².